The Hall–Kier alpha value is -3.38. The number of hydrogen-bond donors (Lipinski definition) is 1. The normalized spacial score (nSPS) is 15.2. The van der Waals surface area contributed by atoms with E-state index in [0.717, 1.165) is 38.9 Å². The molecule has 3 aromatic carbocycles. The molecule has 1 saturated heterocycles. The number of ether oxygens (including phenoxy) is 1. The Morgan fingerprint density at radius 2 is 1.68 bits per heavy atom. The van der Waals surface area contributed by atoms with Gasteiger partial charge in [-0.3, -0.25) is 14.5 Å². The summed E-state index contributed by atoms with van der Waals surface area (Å²) in [4.78, 5) is 29.8. The van der Waals surface area contributed by atoms with Crippen LogP contribution in [0.2, 0.25) is 0 Å². The first-order valence-corrected chi connectivity index (χ1v) is 11.8. The molecular formula is C28H33N3O3. The van der Waals surface area contributed by atoms with Crippen molar-refractivity contribution in [2.24, 2.45) is 0 Å². The van der Waals surface area contributed by atoms with Crippen LogP contribution in [0.3, 0.4) is 0 Å². The largest absolute Gasteiger partial charge is 0.497 e. The van der Waals surface area contributed by atoms with Gasteiger partial charge in [0.05, 0.1) is 19.6 Å². The van der Waals surface area contributed by atoms with E-state index >= 15 is 0 Å². The van der Waals surface area contributed by atoms with Crippen LogP contribution < -0.4 is 10.1 Å². The lowest BCUT2D eigenvalue weighted by Crippen LogP contribution is -2.51. The van der Waals surface area contributed by atoms with Gasteiger partial charge in [-0.1, -0.05) is 36.4 Å². The van der Waals surface area contributed by atoms with E-state index in [2.05, 4.69) is 16.3 Å². The molecule has 1 aliphatic rings. The van der Waals surface area contributed by atoms with Gasteiger partial charge < -0.3 is 15.0 Å². The Bertz CT molecular complexity index is 1200. The van der Waals surface area contributed by atoms with Gasteiger partial charge in [0.15, 0.2) is 0 Å². The topological polar surface area (TPSA) is 61.9 Å². The average Bonchev–Trinajstić information content (AvgIpc) is 2.85. The van der Waals surface area contributed by atoms with Crippen LogP contribution >= 0.6 is 0 Å². The summed E-state index contributed by atoms with van der Waals surface area (Å²) in [6, 6.07) is 18.0. The fourth-order valence-electron chi connectivity index (χ4n) is 4.46. The fourth-order valence-corrected chi connectivity index (χ4v) is 4.46. The summed E-state index contributed by atoms with van der Waals surface area (Å²) in [6.45, 7) is 9.00. The maximum Gasteiger partial charge on any atom is 0.238 e. The van der Waals surface area contributed by atoms with Crippen LogP contribution in [0.5, 0.6) is 5.75 Å². The van der Waals surface area contributed by atoms with Crippen molar-refractivity contribution in [3.8, 4) is 5.75 Å². The smallest absolute Gasteiger partial charge is 0.238 e. The number of hydrogen-bond acceptors (Lipinski definition) is 4. The molecule has 1 N–H and O–H groups in total. The van der Waals surface area contributed by atoms with Crippen molar-refractivity contribution in [2.75, 3.05) is 45.2 Å². The molecule has 0 saturated carbocycles. The second kappa shape index (κ2) is 10.3. The summed E-state index contributed by atoms with van der Waals surface area (Å²) in [5.74, 6) is 0.720. The first kappa shape index (κ1) is 23.8. The highest BCUT2D eigenvalue weighted by Gasteiger charge is 2.26. The molecule has 1 heterocycles. The van der Waals surface area contributed by atoms with Gasteiger partial charge in [0, 0.05) is 31.9 Å². The van der Waals surface area contributed by atoms with Gasteiger partial charge in [0.2, 0.25) is 11.8 Å². The molecule has 34 heavy (non-hydrogen) atoms. The molecule has 0 unspecified atom stereocenters. The van der Waals surface area contributed by atoms with Gasteiger partial charge in [0.1, 0.15) is 5.75 Å². The third-order valence-corrected chi connectivity index (χ3v) is 6.87. The van der Waals surface area contributed by atoms with Gasteiger partial charge in [-0.2, -0.15) is 0 Å². The third kappa shape index (κ3) is 5.23. The minimum Gasteiger partial charge on any atom is -0.497 e. The van der Waals surface area contributed by atoms with Crippen LogP contribution in [0.25, 0.3) is 10.8 Å². The molecule has 0 radical (unpaired) electrons. The SMILES string of the molecule is COc1ccc2cc([C@H](C)C(=O)N3CCN(CC(=O)Nc4cccc(C)c4C)CC3)ccc2c1. The Balaban J connectivity index is 1.32. The zero-order chi connectivity index (χ0) is 24.2. The summed E-state index contributed by atoms with van der Waals surface area (Å²) >= 11 is 0. The van der Waals surface area contributed by atoms with E-state index in [1.165, 1.54) is 0 Å². The van der Waals surface area contributed by atoms with Crippen LogP contribution in [0.1, 0.15) is 29.5 Å². The van der Waals surface area contributed by atoms with E-state index < -0.39 is 0 Å². The van der Waals surface area contributed by atoms with Crippen LogP contribution in [-0.2, 0) is 9.59 Å². The van der Waals surface area contributed by atoms with Gasteiger partial charge in [0.25, 0.3) is 0 Å². The van der Waals surface area contributed by atoms with Crippen molar-refractivity contribution in [2.45, 2.75) is 26.7 Å². The van der Waals surface area contributed by atoms with Crippen LogP contribution in [0, 0.1) is 13.8 Å². The summed E-state index contributed by atoms with van der Waals surface area (Å²) < 4.78 is 5.30. The van der Waals surface area contributed by atoms with Gasteiger partial charge in [-0.05, 0) is 66.4 Å². The van der Waals surface area contributed by atoms with Crippen molar-refractivity contribution < 1.29 is 14.3 Å². The highest BCUT2D eigenvalue weighted by atomic mass is 16.5. The molecule has 6 heteroatoms. The van der Waals surface area contributed by atoms with Crippen molar-refractivity contribution in [1.29, 1.82) is 0 Å². The van der Waals surface area contributed by atoms with Crippen molar-refractivity contribution in [3.05, 3.63) is 71.3 Å². The Morgan fingerprint density at radius 1 is 0.971 bits per heavy atom. The first-order chi connectivity index (χ1) is 16.4. The van der Waals surface area contributed by atoms with E-state index in [1.54, 1.807) is 7.11 Å². The highest BCUT2D eigenvalue weighted by molar-refractivity contribution is 5.93. The van der Waals surface area contributed by atoms with Gasteiger partial charge in [-0.25, -0.2) is 0 Å². The summed E-state index contributed by atoms with van der Waals surface area (Å²) in [5.41, 5.74) is 4.12. The van der Waals surface area contributed by atoms with E-state index in [9.17, 15) is 9.59 Å². The molecule has 0 bridgehead atoms. The van der Waals surface area contributed by atoms with Crippen LogP contribution in [-0.4, -0.2) is 61.4 Å². The number of carbonyl (C=O) groups excluding carboxylic acids is 2. The number of nitrogens with zero attached hydrogens (tertiary/aromatic N) is 2. The van der Waals surface area contributed by atoms with E-state index in [4.69, 9.17) is 4.74 Å². The molecule has 0 aromatic heterocycles. The molecule has 1 fully saturated rings. The maximum absolute atomic E-state index is 13.2. The number of anilines is 1. The highest BCUT2D eigenvalue weighted by Crippen LogP contribution is 2.26. The summed E-state index contributed by atoms with van der Waals surface area (Å²) in [6.07, 6.45) is 0. The van der Waals surface area contributed by atoms with Gasteiger partial charge in [-0.15, -0.1) is 0 Å². The number of amides is 2. The third-order valence-electron chi connectivity index (χ3n) is 6.87. The fraction of sp³-hybridized carbons (Fsp3) is 0.357. The number of methoxy groups -OCH3 is 1. The zero-order valence-corrected chi connectivity index (χ0v) is 20.4. The molecular weight excluding hydrogens is 426 g/mol. The number of rotatable bonds is 6. The lowest BCUT2D eigenvalue weighted by molar-refractivity contribution is -0.134. The molecule has 3 aromatic rings. The second-order valence-electron chi connectivity index (χ2n) is 9.09. The molecule has 1 aliphatic heterocycles. The predicted octanol–water partition coefficient (Wildman–Crippen LogP) is 4.35. The standard InChI is InChI=1S/C28H33N3O3/c1-19-6-5-7-26(20(19)2)29-27(32)18-30-12-14-31(15-13-30)28(33)21(3)22-8-9-24-17-25(34-4)11-10-23(24)16-22/h5-11,16-17,21H,12-15,18H2,1-4H3,(H,29,32)/t21-/m0/s1. The van der Waals surface area contributed by atoms with Crippen molar-refractivity contribution in [1.82, 2.24) is 9.80 Å². The Labute approximate surface area is 201 Å². The summed E-state index contributed by atoms with van der Waals surface area (Å²) in [7, 11) is 1.66. The molecule has 4 rings (SSSR count). The molecule has 178 valence electrons. The maximum atomic E-state index is 13.2. The first-order valence-electron chi connectivity index (χ1n) is 11.8. The quantitative estimate of drug-likeness (QED) is 0.595. The van der Waals surface area contributed by atoms with Gasteiger partial charge >= 0.3 is 0 Å². The predicted molar refractivity (Wildman–Crippen MR) is 136 cm³/mol. The molecule has 6 nitrogen and oxygen atoms in total. The van der Waals surface area contributed by atoms with E-state index in [0.29, 0.717) is 32.7 Å². The number of fused-ring (bicyclic) bond motifs is 1. The minimum absolute atomic E-state index is 0.0189. The van der Waals surface area contributed by atoms with E-state index in [1.807, 2.05) is 74.2 Å². The molecule has 0 spiro atoms. The van der Waals surface area contributed by atoms with E-state index in [-0.39, 0.29) is 17.7 Å². The number of piperazine rings is 1. The lowest BCUT2D eigenvalue weighted by atomic mass is 9.96. The molecule has 2 amide bonds. The number of carbonyl (C=O) groups is 2. The number of benzene rings is 3. The molecule has 1 atom stereocenters. The van der Waals surface area contributed by atoms with Crippen LogP contribution in [0.15, 0.2) is 54.6 Å². The molecule has 0 aliphatic carbocycles. The monoisotopic (exact) mass is 459 g/mol. The summed E-state index contributed by atoms with van der Waals surface area (Å²) in [5, 5.41) is 5.21. The second-order valence-corrected chi connectivity index (χ2v) is 9.09. The number of aryl methyl sites for hydroxylation is 1. The Kier molecular flexibility index (Phi) is 7.17. The average molecular weight is 460 g/mol. The van der Waals surface area contributed by atoms with Crippen LogP contribution in [0.4, 0.5) is 5.69 Å². The lowest BCUT2D eigenvalue weighted by Gasteiger charge is -2.35. The Morgan fingerprint density at radius 3 is 2.41 bits per heavy atom. The van der Waals surface area contributed by atoms with Crippen molar-refractivity contribution in [3.63, 3.8) is 0 Å². The minimum atomic E-state index is -0.217. The number of nitrogens with one attached hydrogen (secondary N) is 1. The van der Waals surface area contributed by atoms with Crippen molar-refractivity contribution >= 4 is 28.3 Å². The zero-order valence-electron chi connectivity index (χ0n) is 20.4.